The van der Waals surface area contributed by atoms with E-state index in [9.17, 15) is 5.21 Å². The average molecular weight is 355 g/mol. The summed E-state index contributed by atoms with van der Waals surface area (Å²) in [5.41, 5.74) is -0.885. The molecular weight excluding hydrogens is 318 g/mol. The van der Waals surface area contributed by atoms with Crippen molar-refractivity contribution in [2.75, 3.05) is 13.2 Å². The molecule has 1 saturated carbocycles. The largest absolute Gasteiger partial charge is 0.375 e. The summed E-state index contributed by atoms with van der Waals surface area (Å²) in [5.74, 6) is -0.628. The Labute approximate surface area is 153 Å². The second-order valence-corrected chi connectivity index (χ2v) is 8.95. The van der Waals surface area contributed by atoms with Crippen LogP contribution in [0, 0.1) is 0 Å². The first-order valence-electron chi connectivity index (χ1n) is 10.3. The SMILES string of the molecule is CCC1(CC)CC2(CC(C)(C)N1[O])OCC(COC1CCCCC1)O2. The van der Waals surface area contributed by atoms with E-state index in [-0.39, 0.29) is 6.10 Å². The highest BCUT2D eigenvalue weighted by atomic mass is 16.8. The fourth-order valence-corrected chi connectivity index (χ4v) is 5.16. The number of nitrogens with zero attached hydrogens (tertiary/aromatic N) is 1. The van der Waals surface area contributed by atoms with Crippen molar-refractivity contribution in [1.82, 2.24) is 5.06 Å². The van der Waals surface area contributed by atoms with Gasteiger partial charge < -0.3 is 14.2 Å². The highest BCUT2D eigenvalue weighted by Crippen LogP contribution is 2.50. The lowest BCUT2D eigenvalue weighted by Gasteiger charge is -2.55. The van der Waals surface area contributed by atoms with Crippen LogP contribution in [-0.4, -0.2) is 47.3 Å². The molecule has 0 N–H and O–H groups in total. The minimum Gasteiger partial charge on any atom is -0.375 e. The fourth-order valence-electron chi connectivity index (χ4n) is 5.16. The van der Waals surface area contributed by atoms with Crippen LogP contribution in [0.2, 0.25) is 0 Å². The van der Waals surface area contributed by atoms with Crippen LogP contribution >= 0.6 is 0 Å². The molecule has 2 aliphatic heterocycles. The van der Waals surface area contributed by atoms with Gasteiger partial charge in [-0.3, -0.25) is 0 Å². The minimum absolute atomic E-state index is 0.0117. The van der Waals surface area contributed by atoms with Gasteiger partial charge in [0.15, 0.2) is 5.79 Å². The molecule has 1 radical (unpaired) electrons. The lowest BCUT2D eigenvalue weighted by atomic mass is 9.73. The molecule has 3 fully saturated rings. The van der Waals surface area contributed by atoms with Gasteiger partial charge in [-0.15, -0.1) is 10.3 Å². The van der Waals surface area contributed by atoms with Gasteiger partial charge in [-0.25, -0.2) is 0 Å². The first-order valence-corrected chi connectivity index (χ1v) is 10.3. The smallest absolute Gasteiger partial charge is 0.172 e. The average Bonchev–Trinajstić information content (AvgIpc) is 2.99. The van der Waals surface area contributed by atoms with Crippen LogP contribution in [0.25, 0.3) is 0 Å². The zero-order chi connectivity index (χ0) is 18.1. The van der Waals surface area contributed by atoms with Crippen molar-refractivity contribution in [3.05, 3.63) is 0 Å². The molecule has 2 atom stereocenters. The van der Waals surface area contributed by atoms with Gasteiger partial charge in [0.05, 0.1) is 24.9 Å². The molecule has 3 aliphatic rings. The summed E-state index contributed by atoms with van der Waals surface area (Å²) in [7, 11) is 0. The summed E-state index contributed by atoms with van der Waals surface area (Å²) in [5, 5.41) is 14.3. The molecule has 0 aromatic carbocycles. The van der Waals surface area contributed by atoms with Crippen LogP contribution in [0.4, 0.5) is 0 Å². The van der Waals surface area contributed by atoms with E-state index in [0.29, 0.717) is 32.2 Å². The molecule has 0 bridgehead atoms. The van der Waals surface area contributed by atoms with Crippen LogP contribution in [0.3, 0.4) is 0 Å². The molecule has 0 aromatic rings. The van der Waals surface area contributed by atoms with Crippen molar-refractivity contribution >= 4 is 0 Å². The minimum atomic E-state index is -0.628. The lowest BCUT2D eigenvalue weighted by Crippen LogP contribution is -2.66. The van der Waals surface area contributed by atoms with Crippen LogP contribution in [0.1, 0.15) is 85.5 Å². The van der Waals surface area contributed by atoms with Gasteiger partial charge in [-0.05, 0) is 39.5 Å². The standard InChI is InChI=1S/C20H36NO4/c1-5-19(6-2)15-20(14-18(3,4)21(19)22)24-13-17(25-20)12-23-16-10-8-7-9-11-16/h16-17H,5-15H2,1-4H3. The topological polar surface area (TPSA) is 50.8 Å². The maximum absolute atomic E-state index is 13.0. The Bertz CT molecular complexity index is 445. The summed E-state index contributed by atoms with van der Waals surface area (Å²) < 4.78 is 18.7. The lowest BCUT2D eigenvalue weighted by molar-refractivity contribution is -0.352. The Morgan fingerprint density at radius 1 is 1.08 bits per heavy atom. The Hall–Kier alpha value is -0.200. The molecule has 2 saturated heterocycles. The van der Waals surface area contributed by atoms with E-state index in [4.69, 9.17) is 14.2 Å². The summed E-state index contributed by atoms with van der Waals surface area (Å²) in [6.45, 7) is 9.41. The quantitative estimate of drug-likeness (QED) is 0.741. The normalized spacial score (nSPS) is 36.1. The predicted molar refractivity (Wildman–Crippen MR) is 95.5 cm³/mol. The highest BCUT2D eigenvalue weighted by molar-refractivity contribution is 5.05. The molecule has 145 valence electrons. The zero-order valence-corrected chi connectivity index (χ0v) is 16.5. The van der Waals surface area contributed by atoms with Crippen LogP contribution in [0.15, 0.2) is 0 Å². The summed E-state index contributed by atoms with van der Waals surface area (Å²) in [6.07, 6.45) is 9.51. The summed E-state index contributed by atoms with van der Waals surface area (Å²) in [4.78, 5) is 0. The van der Waals surface area contributed by atoms with Crippen LogP contribution in [0.5, 0.6) is 0 Å². The third-order valence-corrected chi connectivity index (χ3v) is 6.58. The molecule has 2 heterocycles. The van der Waals surface area contributed by atoms with Gasteiger partial charge in [-0.1, -0.05) is 33.1 Å². The van der Waals surface area contributed by atoms with Crippen molar-refractivity contribution in [2.45, 2.75) is 115 Å². The number of ether oxygens (including phenoxy) is 3. The molecular formula is C20H36NO4. The second-order valence-electron chi connectivity index (χ2n) is 8.95. The van der Waals surface area contributed by atoms with E-state index in [1.165, 1.54) is 37.2 Å². The molecule has 25 heavy (non-hydrogen) atoms. The van der Waals surface area contributed by atoms with E-state index in [0.717, 1.165) is 12.8 Å². The molecule has 1 aliphatic carbocycles. The molecule has 3 rings (SSSR count). The third-order valence-electron chi connectivity index (χ3n) is 6.58. The first-order chi connectivity index (χ1) is 11.8. The van der Waals surface area contributed by atoms with E-state index < -0.39 is 16.9 Å². The van der Waals surface area contributed by atoms with Crippen molar-refractivity contribution in [3.8, 4) is 0 Å². The number of piperidine rings is 1. The van der Waals surface area contributed by atoms with Crippen molar-refractivity contribution in [1.29, 1.82) is 0 Å². The molecule has 5 heteroatoms. The summed E-state index contributed by atoms with van der Waals surface area (Å²) in [6, 6.07) is 0. The molecule has 0 amide bonds. The maximum Gasteiger partial charge on any atom is 0.172 e. The second kappa shape index (κ2) is 7.43. The number of hydroxylamine groups is 2. The first kappa shape index (κ1) is 19.6. The van der Waals surface area contributed by atoms with Crippen molar-refractivity contribution in [2.24, 2.45) is 0 Å². The van der Waals surface area contributed by atoms with Gasteiger partial charge >= 0.3 is 0 Å². The van der Waals surface area contributed by atoms with Gasteiger partial charge in [0, 0.05) is 18.4 Å². The Morgan fingerprint density at radius 3 is 2.40 bits per heavy atom. The van der Waals surface area contributed by atoms with Gasteiger partial charge in [0.1, 0.15) is 6.10 Å². The maximum atomic E-state index is 13.0. The van der Waals surface area contributed by atoms with Crippen molar-refractivity contribution < 1.29 is 19.4 Å². The Balaban J connectivity index is 1.63. The van der Waals surface area contributed by atoms with Gasteiger partial charge in [0.2, 0.25) is 0 Å². The van der Waals surface area contributed by atoms with Crippen molar-refractivity contribution in [3.63, 3.8) is 0 Å². The van der Waals surface area contributed by atoms with E-state index in [1.54, 1.807) is 0 Å². The van der Waals surface area contributed by atoms with E-state index >= 15 is 0 Å². The molecule has 0 aromatic heterocycles. The number of hydrogen-bond donors (Lipinski definition) is 0. The van der Waals surface area contributed by atoms with Crippen LogP contribution in [-0.2, 0) is 19.4 Å². The number of rotatable bonds is 5. The van der Waals surface area contributed by atoms with Gasteiger partial charge in [0.25, 0.3) is 0 Å². The van der Waals surface area contributed by atoms with Gasteiger partial charge in [-0.2, -0.15) is 0 Å². The van der Waals surface area contributed by atoms with E-state index in [2.05, 4.69) is 13.8 Å². The fraction of sp³-hybridized carbons (Fsp3) is 1.00. The Morgan fingerprint density at radius 2 is 1.76 bits per heavy atom. The highest BCUT2D eigenvalue weighted by Gasteiger charge is 2.59. The molecule has 2 unspecified atom stereocenters. The van der Waals surface area contributed by atoms with Crippen LogP contribution < -0.4 is 0 Å². The number of hydrogen-bond acceptors (Lipinski definition) is 4. The molecule has 1 spiro atoms. The monoisotopic (exact) mass is 354 g/mol. The summed E-state index contributed by atoms with van der Waals surface area (Å²) >= 11 is 0. The third kappa shape index (κ3) is 3.91. The Kier molecular flexibility index (Phi) is 5.81. The molecule has 5 nitrogen and oxygen atoms in total. The van der Waals surface area contributed by atoms with E-state index in [1.807, 2.05) is 13.8 Å². The zero-order valence-electron chi connectivity index (χ0n) is 16.5. The predicted octanol–water partition coefficient (Wildman–Crippen LogP) is 4.23.